The lowest BCUT2D eigenvalue weighted by Gasteiger charge is -2.32. The van der Waals surface area contributed by atoms with E-state index in [0.29, 0.717) is 10.7 Å². The van der Waals surface area contributed by atoms with Gasteiger partial charge in [-0.3, -0.25) is 13.9 Å². The van der Waals surface area contributed by atoms with Crippen molar-refractivity contribution in [2.45, 2.75) is 57.6 Å². The monoisotopic (exact) mass is 633 g/mol. The molecule has 208 valence electrons. The molecule has 0 aliphatic carbocycles. The highest BCUT2D eigenvalue weighted by Crippen LogP contribution is 2.26. The number of nitrogens with one attached hydrogen (secondary N) is 1. The Hall–Kier alpha value is -2.88. The maximum Gasteiger partial charge on any atom is 0.264 e. The van der Waals surface area contributed by atoms with Gasteiger partial charge < -0.3 is 10.2 Å². The molecule has 39 heavy (non-hydrogen) atoms. The first kappa shape index (κ1) is 30.7. The number of anilines is 1. The van der Waals surface area contributed by atoms with Crippen molar-refractivity contribution in [3.05, 3.63) is 93.4 Å². The number of nitrogens with zero attached hydrogens (tertiary/aromatic N) is 2. The van der Waals surface area contributed by atoms with Crippen molar-refractivity contribution >= 4 is 55.1 Å². The van der Waals surface area contributed by atoms with Crippen molar-refractivity contribution in [1.82, 2.24) is 10.2 Å². The zero-order valence-corrected chi connectivity index (χ0v) is 25.6. The lowest BCUT2D eigenvalue weighted by atomic mass is 10.1. The van der Waals surface area contributed by atoms with Gasteiger partial charge in [-0.2, -0.15) is 0 Å². The van der Waals surface area contributed by atoms with Gasteiger partial charge in [0.1, 0.15) is 12.6 Å². The molecule has 0 aromatic heterocycles. The number of benzene rings is 3. The van der Waals surface area contributed by atoms with E-state index < -0.39 is 28.5 Å². The average Bonchev–Trinajstić information content (AvgIpc) is 2.90. The largest absolute Gasteiger partial charge is 0.352 e. The van der Waals surface area contributed by atoms with Crippen molar-refractivity contribution in [3.63, 3.8) is 0 Å². The highest BCUT2D eigenvalue weighted by Gasteiger charge is 2.32. The molecule has 3 rings (SSSR count). The Kier molecular flexibility index (Phi) is 10.6. The lowest BCUT2D eigenvalue weighted by Crippen LogP contribution is -2.52. The van der Waals surface area contributed by atoms with E-state index in [-0.39, 0.29) is 23.4 Å². The predicted molar refractivity (Wildman–Crippen MR) is 159 cm³/mol. The number of amides is 2. The van der Waals surface area contributed by atoms with Gasteiger partial charge in [-0.15, -0.1) is 0 Å². The van der Waals surface area contributed by atoms with Gasteiger partial charge >= 0.3 is 0 Å². The Bertz CT molecular complexity index is 1400. The number of halogens is 2. The Labute approximate surface area is 244 Å². The van der Waals surface area contributed by atoms with Crippen molar-refractivity contribution in [1.29, 1.82) is 0 Å². The molecule has 0 bridgehead atoms. The molecule has 0 aliphatic heterocycles. The molecule has 3 aromatic carbocycles. The summed E-state index contributed by atoms with van der Waals surface area (Å²) in [6.45, 7) is 6.99. The number of carbonyl (C=O) groups is 2. The second-order valence-electron chi connectivity index (χ2n) is 9.45. The zero-order valence-electron chi connectivity index (χ0n) is 22.4. The minimum Gasteiger partial charge on any atom is -0.352 e. The summed E-state index contributed by atoms with van der Waals surface area (Å²) in [5, 5.41) is 3.33. The number of carbonyl (C=O) groups excluding carboxylic acids is 2. The standard InChI is InChI=1S/C29H33BrClN3O4S/c1-5-21(3)32-29(36)22(4)33(18-23-9-11-24(30)12-10-23)28(35)19-34(26-8-6-7-20(2)17-26)39(37,38)27-15-13-25(31)14-16-27/h6-17,21-22H,5,18-19H2,1-4H3,(H,32,36). The molecule has 2 amide bonds. The van der Waals surface area contributed by atoms with Crippen molar-refractivity contribution in [2.24, 2.45) is 0 Å². The molecule has 2 atom stereocenters. The maximum atomic E-state index is 13.9. The molecule has 3 aromatic rings. The third-order valence-electron chi connectivity index (χ3n) is 6.40. The van der Waals surface area contributed by atoms with Crippen LogP contribution in [0.4, 0.5) is 5.69 Å². The third-order valence-corrected chi connectivity index (χ3v) is 8.97. The summed E-state index contributed by atoms with van der Waals surface area (Å²) < 4.78 is 29.6. The van der Waals surface area contributed by atoms with Crippen LogP contribution in [0.25, 0.3) is 0 Å². The molecule has 0 saturated heterocycles. The van der Waals surface area contributed by atoms with Crippen molar-refractivity contribution in [2.75, 3.05) is 10.8 Å². The molecular formula is C29H33BrClN3O4S. The van der Waals surface area contributed by atoms with E-state index in [1.54, 1.807) is 25.1 Å². The number of hydrogen-bond donors (Lipinski definition) is 1. The molecule has 10 heteroatoms. The Balaban J connectivity index is 2.02. The molecule has 2 unspecified atom stereocenters. The first-order valence-electron chi connectivity index (χ1n) is 12.6. The average molecular weight is 635 g/mol. The van der Waals surface area contributed by atoms with Crippen molar-refractivity contribution < 1.29 is 18.0 Å². The summed E-state index contributed by atoms with van der Waals surface area (Å²) in [6.07, 6.45) is 0.736. The van der Waals surface area contributed by atoms with E-state index in [9.17, 15) is 18.0 Å². The van der Waals surface area contributed by atoms with Crippen LogP contribution in [0.5, 0.6) is 0 Å². The Morgan fingerprint density at radius 1 is 1.00 bits per heavy atom. The van der Waals surface area contributed by atoms with Crippen LogP contribution < -0.4 is 9.62 Å². The van der Waals surface area contributed by atoms with Crippen LogP contribution in [0.3, 0.4) is 0 Å². The summed E-state index contributed by atoms with van der Waals surface area (Å²) in [5.41, 5.74) is 1.99. The molecular weight excluding hydrogens is 602 g/mol. The fourth-order valence-electron chi connectivity index (χ4n) is 3.88. The fourth-order valence-corrected chi connectivity index (χ4v) is 5.68. The second kappa shape index (κ2) is 13.5. The minimum atomic E-state index is -4.14. The van der Waals surface area contributed by atoms with E-state index in [1.807, 2.05) is 51.1 Å². The van der Waals surface area contributed by atoms with Gasteiger partial charge in [0, 0.05) is 22.1 Å². The van der Waals surface area contributed by atoms with E-state index in [0.717, 1.165) is 26.3 Å². The quantitative estimate of drug-likeness (QED) is 0.283. The van der Waals surface area contributed by atoms with Gasteiger partial charge in [0.2, 0.25) is 11.8 Å². The molecule has 1 N–H and O–H groups in total. The highest BCUT2D eigenvalue weighted by molar-refractivity contribution is 9.10. The van der Waals surface area contributed by atoms with E-state index in [2.05, 4.69) is 21.2 Å². The topological polar surface area (TPSA) is 86.8 Å². The van der Waals surface area contributed by atoms with Gasteiger partial charge in [-0.05, 0) is 86.8 Å². The van der Waals surface area contributed by atoms with Crippen LogP contribution in [0.2, 0.25) is 5.02 Å². The van der Waals surface area contributed by atoms with Gasteiger partial charge in [0.05, 0.1) is 10.6 Å². The minimum absolute atomic E-state index is 0.00299. The molecule has 0 radical (unpaired) electrons. The third kappa shape index (κ3) is 8.06. The Morgan fingerprint density at radius 2 is 1.64 bits per heavy atom. The first-order valence-corrected chi connectivity index (χ1v) is 15.2. The molecule has 7 nitrogen and oxygen atoms in total. The number of rotatable bonds is 11. The van der Waals surface area contributed by atoms with Gasteiger partial charge in [-0.1, -0.05) is 58.7 Å². The smallest absolute Gasteiger partial charge is 0.264 e. The van der Waals surface area contributed by atoms with Crippen LogP contribution in [0.15, 0.2) is 82.2 Å². The number of hydrogen-bond acceptors (Lipinski definition) is 4. The van der Waals surface area contributed by atoms with E-state index >= 15 is 0 Å². The van der Waals surface area contributed by atoms with Gasteiger partial charge in [0.15, 0.2) is 0 Å². The van der Waals surface area contributed by atoms with Crippen LogP contribution in [0, 0.1) is 6.92 Å². The molecule has 0 aliphatic rings. The summed E-state index contributed by atoms with van der Waals surface area (Å²) >= 11 is 9.41. The van der Waals surface area contributed by atoms with Crippen LogP contribution in [-0.4, -0.2) is 43.8 Å². The molecule has 0 fully saturated rings. The highest BCUT2D eigenvalue weighted by atomic mass is 79.9. The van der Waals surface area contributed by atoms with Gasteiger partial charge in [-0.25, -0.2) is 8.42 Å². The predicted octanol–water partition coefficient (Wildman–Crippen LogP) is 5.94. The van der Waals surface area contributed by atoms with Crippen molar-refractivity contribution in [3.8, 4) is 0 Å². The zero-order chi connectivity index (χ0) is 28.7. The SMILES string of the molecule is CCC(C)NC(=O)C(C)N(Cc1ccc(Br)cc1)C(=O)CN(c1cccc(C)c1)S(=O)(=O)c1ccc(Cl)cc1. The normalized spacial score (nSPS) is 12.9. The Morgan fingerprint density at radius 3 is 2.23 bits per heavy atom. The molecule has 0 spiro atoms. The summed E-state index contributed by atoms with van der Waals surface area (Å²) in [6, 6.07) is 19.2. The van der Waals surface area contributed by atoms with Crippen LogP contribution in [-0.2, 0) is 26.2 Å². The maximum absolute atomic E-state index is 13.9. The summed E-state index contributed by atoms with van der Waals surface area (Å²) in [5.74, 6) is -0.818. The first-order chi connectivity index (χ1) is 18.4. The molecule has 0 saturated carbocycles. The summed E-state index contributed by atoms with van der Waals surface area (Å²) in [7, 11) is -4.14. The number of sulfonamides is 1. The van der Waals surface area contributed by atoms with Gasteiger partial charge in [0.25, 0.3) is 10.0 Å². The van der Waals surface area contributed by atoms with E-state index in [1.165, 1.54) is 29.2 Å². The van der Waals surface area contributed by atoms with E-state index in [4.69, 9.17) is 11.6 Å². The summed E-state index contributed by atoms with van der Waals surface area (Å²) in [4.78, 5) is 28.4. The lowest BCUT2D eigenvalue weighted by molar-refractivity contribution is -0.139. The number of aryl methyl sites for hydroxylation is 1. The van der Waals surface area contributed by atoms with Crippen LogP contribution in [0.1, 0.15) is 38.3 Å². The second-order valence-corrected chi connectivity index (χ2v) is 12.7. The van der Waals surface area contributed by atoms with Crippen LogP contribution >= 0.6 is 27.5 Å². The molecule has 0 heterocycles. The fraction of sp³-hybridized carbons (Fsp3) is 0.310.